The van der Waals surface area contributed by atoms with E-state index in [-0.39, 0.29) is 28.9 Å². The van der Waals surface area contributed by atoms with E-state index in [4.69, 9.17) is 17.3 Å². The predicted octanol–water partition coefficient (Wildman–Crippen LogP) is 0.573. The number of nitrogens with two attached hydrogens (primary N) is 1. The highest BCUT2D eigenvalue weighted by atomic mass is 35.5. The van der Waals surface area contributed by atoms with E-state index in [1.807, 2.05) is 6.92 Å². The molecule has 0 aliphatic carbocycles. The van der Waals surface area contributed by atoms with Gasteiger partial charge in [0.05, 0.1) is 17.1 Å². The topological polar surface area (TPSA) is 97.1 Å². The first-order valence-corrected chi connectivity index (χ1v) is 5.88. The van der Waals surface area contributed by atoms with Crippen LogP contribution in [0.25, 0.3) is 0 Å². The number of carbonyl (C=O) groups excluding carboxylic acids is 2. The molecule has 1 rings (SSSR count). The molecule has 0 aliphatic heterocycles. The molecular formula is C11H15ClN4O2. The molecule has 0 unspecified atom stereocenters. The van der Waals surface area contributed by atoms with E-state index in [9.17, 15) is 9.59 Å². The maximum absolute atomic E-state index is 11.7. The van der Waals surface area contributed by atoms with E-state index in [0.29, 0.717) is 6.54 Å². The van der Waals surface area contributed by atoms with Gasteiger partial charge in [0, 0.05) is 12.7 Å². The number of nitrogens with one attached hydrogen (secondary N) is 2. The van der Waals surface area contributed by atoms with Gasteiger partial charge in [-0.05, 0) is 12.5 Å². The molecule has 2 amide bonds. The summed E-state index contributed by atoms with van der Waals surface area (Å²) in [4.78, 5) is 26.8. The van der Waals surface area contributed by atoms with Gasteiger partial charge in [0.15, 0.2) is 0 Å². The highest BCUT2D eigenvalue weighted by Crippen LogP contribution is 2.15. The highest BCUT2D eigenvalue weighted by molar-refractivity contribution is 6.33. The molecule has 0 fully saturated rings. The number of hydrogen-bond donors (Lipinski definition) is 3. The second-order valence-electron chi connectivity index (χ2n) is 3.62. The molecule has 0 bridgehead atoms. The molecule has 98 valence electrons. The fourth-order valence-corrected chi connectivity index (χ4v) is 1.40. The van der Waals surface area contributed by atoms with Crippen LogP contribution in [0.15, 0.2) is 12.3 Å². The average molecular weight is 271 g/mol. The van der Waals surface area contributed by atoms with Gasteiger partial charge in [0.25, 0.3) is 5.91 Å². The van der Waals surface area contributed by atoms with E-state index < -0.39 is 5.91 Å². The van der Waals surface area contributed by atoms with E-state index in [0.717, 1.165) is 6.42 Å². The molecule has 0 radical (unpaired) electrons. The van der Waals surface area contributed by atoms with Gasteiger partial charge < -0.3 is 16.4 Å². The van der Waals surface area contributed by atoms with Crippen molar-refractivity contribution >= 4 is 29.2 Å². The minimum absolute atomic E-state index is 0.0998. The predicted molar refractivity (Wildman–Crippen MR) is 69.3 cm³/mol. The van der Waals surface area contributed by atoms with Crippen LogP contribution in [0.3, 0.4) is 0 Å². The summed E-state index contributed by atoms with van der Waals surface area (Å²) in [5.74, 6) is -0.510. The van der Waals surface area contributed by atoms with Crippen molar-refractivity contribution < 1.29 is 9.59 Å². The fourth-order valence-electron chi connectivity index (χ4n) is 1.21. The van der Waals surface area contributed by atoms with Crippen LogP contribution in [0, 0.1) is 0 Å². The van der Waals surface area contributed by atoms with Gasteiger partial charge in [-0.25, -0.2) is 4.98 Å². The van der Waals surface area contributed by atoms with E-state index in [2.05, 4.69) is 15.6 Å². The molecule has 0 saturated carbocycles. The number of nitrogens with zero attached hydrogens (tertiary/aromatic N) is 1. The van der Waals surface area contributed by atoms with Gasteiger partial charge in [-0.3, -0.25) is 9.59 Å². The van der Waals surface area contributed by atoms with Gasteiger partial charge in [-0.2, -0.15) is 0 Å². The Balaban J connectivity index is 2.55. The van der Waals surface area contributed by atoms with E-state index in [1.165, 1.54) is 12.3 Å². The van der Waals surface area contributed by atoms with Crippen LogP contribution < -0.4 is 16.4 Å². The number of nitrogen functional groups attached to an aromatic ring is 1. The molecule has 1 aromatic rings. The number of carbonyl (C=O) groups is 2. The lowest BCUT2D eigenvalue weighted by Crippen LogP contribution is -2.37. The average Bonchev–Trinajstić information content (AvgIpc) is 2.36. The summed E-state index contributed by atoms with van der Waals surface area (Å²) < 4.78 is 0. The molecule has 0 aliphatic rings. The number of hydrogen-bond acceptors (Lipinski definition) is 4. The number of halogens is 1. The van der Waals surface area contributed by atoms with Crippen molar-refractivity contribution in [2.45, 2.75) is 13.3 Å². The third-order valence-corrected chi connectivity index (χ3v) is 2.40. The summed E-state index contributed by atoms with van der Waals surface area (Å²) in [5, 5.41) is 5.29. The van der Waals surface area contributed by atoms with Gasteiger partial charge in [0.1, 0.15) is 5.82 Å². The quantitative estimate of drug-likeness (QED) is 0.729. The van der Waals surface area contributed by atoms with Crippen molar-refractivity contribution in [3.8, 4) is 0 Å². The number of anilines is 1. The van der Waals surface area contributed by atoms with Crippen molar-refractivity contribution in [3.05, 3.63) is 22.8 Å². The first-order valence-electron chi connectivity index (χ1n) is 5.50. The molecule has 0 saturated heterocycles. The van der Waals surface area contributed by atoms with Gasteiger partial charge in [-0.1, -0.05) is 18.5 Å². The van der Waals surface area contributed by atoms with Gasteiger partial charge >= 0.3 is 0 Å². The Morgan fingerprint density at radius 2 is 2.17 bits per heavy atom. The standard InChI is InChI=1S/C11H15ClN4O2/c1-2-3-14-10(17)6-16-11(18)7-4-9(13)15-5-8(7)12/h4-5H,2-3,6H2,1H3,(H2,13,15)(H,14,17)(H,16,18). The van der Waals surface area contributed by atoms with Crippen molar-refractivity contribution in [2.24, 2.45) is 0 Å². The zero-order valence-corrected chi connectivity index (χ0v) is 10.8. The fraction of sp³-hybridized carbons (Fsp3) is 0.364. The molecule has 1 heterocycles. The number of pyridine rings is 1. The molecule has 1 aromatic heterocycles. The lowest BCUT2D eigenvalue weighted by atomic mass is 10.2. The molecule has 0 aromatic carbocycles. The van der Waals surface area contributed by atoms with E-state index >= 15 is 0 Å². The van der Waals surface area contributed by atoms with Crippen LogP contribution >= 0.6 is 11.6 Å². The molecular weight excluding hydrogens is 256 g/mol. The molecule has 0 spiro atoms. The summed E-state index contributed by atoms with van der Waals surface area (Å²) in [6.45, 7) is 2.42. The zero-order chi connectivity index (χ0) is 13.5. The third-order valence-electron chi connectivity index (χ3n) is 2.10. The Hall–Kier alpha value is -1.82. The summed E-state index contributed by atoms with van der Waals surface area (Å²) in [6, 6.07) is 1.36. The number of aromatic nitrogens is 1. The van der Waals surface area contributed by atoms with Crippen LogP contribution in [-0.2, 0) is 4.79 Å². The molecule has 7 heteroatoms. The van der Waals surface area contributed by atoms with Gasteiger partial charge in [0.2, 0.25) is 5.91 Å². The summed E-state index contributed by atoms with van der Waals surface area (Å²) >= 11 is 5.81. The van der Waals surface area contributed by atoms with E-state index in [1.54, 1.807) is 0 Å². The van der Waals surface area contributed by atoms with Crippen molar-refractivity contribution in [3.63, 3.8) is 0 Å². The molecule has 18 heavy (non-hydrogen) atoms. The zero-order valence-electron chi connectivity index (χ0n) is 10.00. The smallest absolute Gasteiger partial charge is 0.253 e. The van der Waals surface area contributed by atoms with Crippen LogP contribution in [-0.4, -0.2) is 29.9 Å². The summed E-state index contributed by atoms with van der Waals surface area (Å²) in [5.41, 5.74) is 5.66. The Bertz CT molecular complexity index is 451. The number of rotatable bonds is 5. The first kappa shape index (κ1) is 14.2. The second kappa shape index (κ2) is 6.80. The molecule has 4 N–H and O–H groups in total. The van der Waals surface area contributed by atoms with Crippen molar-refractivity contribution in [2.75, 3.05) is 18.8 Å². The van der Waals surface area contributed by atoms with Crippen molar-refractivity contribution in [1.82, 2.24) is 15.6 Å². The monoisotopic (exact) mass is 270 g/mol. The Kier molecular flexibility index (Phi) is 5.38. The second-order valence-corrected chi connectivity index (χ2v) is 4.03. The summed E-state index contributed by atoms with van der Waals surface area (Å²) in [7, 11) is 0. The molecule has 0 atom stereocenters. The third kappa shape index (κ3) is 4.21. The Labute approximate surface area is 110 Å². The lowest BCUT2D eigenvalue weighted by molar-refractivity contribution is -0.120. The normalized spacial score (nSPS) is 9.89. The maximum Gasteiger partial charge on any atom is 0.253 e. The largest absolute Gasteiger partial charge is 0.384 e. The minimum atomic E-state index is -0.458. The Morgan fingerprint density at radius 1 is 1.44 bits per heavy atom. The van der Waals surface area contributed by atoms with Crippen molar-refractivity contribution in [1.29, 1.82) is 0 Å². The summed E-state index contributed by atoms with van der Waals surface area (Å²) in [6.07, 6.45) is 2.13. The molecule has 6 nitrogen and oxygen atoms in total. The van der Waals surface area contributed by atoms with Crippen LogP contribution in [0.4, 0.5) is 5.82 Å². The minimum Gasteiger partial charge on any atom is -0.384 e. The maximum atomic E-state index is 11.7. The van der Waals surface area contributed by atoms with Crippen LogP contribution in [0.1, 0.15) is 23.7 Å². The van der Waals surface area contributed by atoms with Crippen LogP contribution in [0.5, 0.6) is 0 Å². The van der Waals surface area contributed by atoms with Gasteiger partial charge in [-0.15, -0.1) is 0 Å². The van der Waals surface area contributed by atoms with Crippen LogP contribution in [0.2, 0.25) is 5.02 Å². The number of amides is 2. The SMILES string of the molecule is CCCNC(=O)CNC(=O)c1cc(N)ncc1Cl. The highest BCUT2D eigenvalue weighted by Gasteiger charge is 2.12. The Morgan fingerprint density at radius 3 is 2.83 bits per heavy atom. The lowest BCUT2D eigenvalue weighted by Gasteiger charge is -2.07. The first-order chi connectivity index (χ1) is 8.54.